The molecule has 0 atom stereocenters. The van der Waals surface area contributed by atoms with E-state index >= 15 is 0 Å². The van der Waals surface area contributed by atoms with Gasteiger partial charge >= 0.3 is 0 Å². The molecule has 2 rings (SSSR count). The summed E-state index contributed by atoms with van der Waals surface area (Å²) in [4.78, 5) is 0. The predicted octanol–water partition coefficient (Wildman–Crippen LogP) is 3.56. The third kappa shape index (κ3) is 3.03. The number of ether oxygens (including phenoxy) is 1. The van der Waals surface area contributed by atoms with Gasteiger partial charge in [-0.2, -0.15) is 0 Å². The van der Waals surface area contributed by atoms with E-state index < -0.39 is 0 Å². The minimum absolute atomic E-state index is 0.680. The number of nitrogens with one attached hydrogen (secondary N) is 1. The summed E-state index contributed by atoms with van der Waals surface area (Å²) in [6.07, 6.45) is 2.69. The summed E-state index contributed by atoms with van der Waals surface area (Å²) in [6.45, 7) is 3.69. The van der Waals surface area contributed by atoms with Crippen molar-refractivity contribution in [2.75, 3.05) is 18.5 Å². The van der Waals surface area contributed by atoms with Crippen LogP contribution < -0.4 is 10.1 Å². The summed E-state index contributed by atoms with van der Waals surface area (Å²) in [5.74, 6) is 1.74. The van der Waals surface area contributed by atoms with Crippen molar-refractivity contribution in [3.8, 4) is 5.75 Å². The lowest BCUT2D eigenvalue weighted by Crippen LogP contribution is -2.05. The van der Waals surface area contributed by atoms with Crippen LogP contribution >= 0.6 is 11.6 Å². The Hall–Kier alpha value is -0.890. The highest BCUT2D eigenvalue weighted by atomic mass is 35.5. The Balaban J connectivity index is 2.05. The molecule has 0 bridgehead atoms. The van der Waals surface area contributed by atoms with E-state index in [1.165, 1.54) is 12.8 Å². The average Bonchev–Trinajstić information content (AvgIpc) is 3.02. The van der Waals surface area contributed by atoms with Crippen molar-refractivity contribution < 1.29 is 4.74 Å². The second-order valence-corrected chi connectivity index (χ2v) is 4.33. The standard InChI is InChI=1S/C12H16ClNO/c1-2-15-12-6-5-10(13)7-11(12)14-8-9-3-4-9/h5-7,9,14H,2-4,8H2,1H3. The minimum Gasteiger partial charge on any atom is -0.492 e. The van der Waals surface area contributed by atoms with Crippen LogP contribution in [0.15, 0.2) is 18.2 Å². The van der Waals surface area contributed by atoms with Crippen LogP contribution in [0.1, 0.15) is 19.8 Å². The largest absolute Gasteiger partial charge is 0.492 e. The molecule has 0 saturated heterocycles. The maximum absolute atomic E-state index is 5.95. The van der Waals surface area contributed by atoms with E-state index in [9.17, 15) is 0 Å². The van der Waals surface area contributed by atoms with Crippen molar-refractivity contribution in [2.24, 2.45) is 5.92 Å². The van der Waals surface area contributed by atoms with Gasteiger partial charge in [0.15, 0.2) is 0 Å². The quantitative estimate of drug-likeness (QED) is 0.828. The van der Waals surface area contributed by atoms with E-state index in [1.54, 1.807) is 0 Å². The maximum atomic E-state index is 5.95. The van der Waals surface area contributed by atoms with Crippen molar-refractivity contribution in [1.82, 2.24) is 0 Å². The van der Waals surface area contributed by atoms with Gasteiger partial charge in [0.05, 0.1) is 12.3 Å². The van der Waals surface area contributed by atoms with Crippen molar-refractivity contribution in [3.05, 3.63) is 23.2 Å². The zero-order valence-corrected chi connectivity index (χ0v) is 9.68. The highest BCUT2D eigenvalue weighted by molar-refractivity contribution is 6.30. The molecule has 1 N–H and O–H groups in total. The first-order chi connectivity index (χ1) is 7.29. The van der Waals surface area contributed by atoms with Crippen LogP contribution in [0, 0.1) is 5.92 Å². The van der Waals surface area contributed by atoms with E-state index in [0.717, 1.165) is 28.9 Å². The summed E-state index contributed by atoms with van der Waals surface area (Å²) < 4.78 is 5.52. The summed E-state index contributed by atoms with van der Waals surface area (Å²) in [7, 11) is 0. The molecule has 3 heteroatoms. The number of halogens is 1. The fraction of sp³-hybridized carbons (Fsp3) is 0.500. The molecule has 82 valence electrons. The minimum atomic E-state index is 0.680. The van der Waals surface area contributed by atoms with Crippen LogP contribution in [-0.2, 0) is 0 Å². The van der Waals surface area contributed by atoms with Crippen LogP contribution in [0.5, 0.6) is 5.75 Å². The van der Waals surface area contributed by atoms with Gasteiger partial charge in [-0.3, -0.25) is 0 Å². The Bertz CT molecular complexity index is 336. The van der Waals surface area contributed by atoms with E-state index in [0.29, 0.717) is 6.61 Å². The topological polar surface area (TPSA) is 21.3 Å². The smallest absolute Gasteiger partial charge is 0.142 e. The van der Waals surface area contributed by atoms with Gasteiger partial charge in [-0.15, -0.1) is 0 Å². The SMILES string of the molecule is CCOc1ccc(Cl)cc1NCC1CC1. The van der Waals surface area contributed by atoms with Crippen LogP contribution in [-0.4, -0.2) is 13.2 Å². The fourth-order valence-corrected chi connectivity index (χ4v) is 1.67. The Kier molecular flexibility index (Phi) is 3.37. The van der Waals surface area contributed by atoms with Crippen LogP contribution in [0.3, 0.4) is 0 Å². The molecule has 1 aromatic rings. The molecule has 0 unspecified atom stereocenters. The van der Waals surface area contributed by atoms with Gasteiger partial charge < -0.3 is 10.1 Å². The highest BCUT2D eigenvalue weighted by Gasteiger charge is 2.21. The Labute approximate surface area is 95.6 Å². The van der Waals surface area contributed by atoms with Crippen molar-refractivity contribution in [3.63, 3.8) is 0 Å². The summed E-state index contributed by atoms with van der Waals surface area (Å²) in [5, 5.41) is 4.14. The van der Waals surface area contributed by atoms with Gasteiger partial charge in [-0.05, 0) is 43.9 Å². The van der Waals surface area contributed by atoms with Gasteiger partial charge in [0, 0.05) is 11.6 Å². The lowest BCUT2D eigenvalue weighted by atomic mass is 10.2. The van der Waals surface area contributed by atoms with Crippen LogP contribution in [0.4, 0.5) is 5.69 Å². The average molecular weight is 226 g/mol. The van der Waals surface area contributed by atoms with Crippen LogP contribution in [0.2, 0.25) is 5.02 Å². The number of hydrogen-bond acceptors (Lipinski definition) is 2. The van der Waals surface area contributed by atoms with Gasteiger partial charge in [0.1, 0.15) is 5.75 Å². The molecule has 2 nitrogen and oxygen atoms in total. The second kappa shape index (κ2) is 4.75. The maximum Gasteiger partial charge on any atom is 0.142 e. The molecule has 1 saturated carbocycles. The number of anilines is 1. The molecule has 0 amide bonds. The Morgan fingerprint density at radius 1 is 1.47 bits per heavy atom. The predicted molar refractivity (Wildman–Crippen MR) is 63.8 cm³/mol. The molecule has 0 heterocycles. The molecule has 0 radical (unpaired) electrons. The second-order valence-electron chi connectivity index (χ2n) is 3.90. The normalized spacial score (nSPS) is 15.1. The molecule has 0 aromatic heterocycles. The first-order valence-electron chi connectivity index (χ1n) is 5.46. The summed E-state index contributed by atoms with van der Waals surface area (Å²) >= 11 is 5.95. The Morgan fingerprint density at radius 2 is 2.27 bits per heavy atom. The van der Waals surface area contributed by atoms with Crippen molar-refractivity contribution in [2.45, 2.75) is 19.8 Å². The lowest BCUT2D eigenvalue weighted by molar-refractivity contribution is 0.341. The molecule has 0 spiro atoms. The fourth-order valence-electron chi connectivity index (χ4n) is 1.50. The molecule has 0 aliphatic heterocycles. The van der Waals surface area contributed by atoms with Gasteiger partial charge in [0.2, 0.25) is 0 Å². The molecule has 1 fully saturated rings. The summed E-state index contributed by atoms with van der Waals surface area (Å²) in [5.41, 5.74) is 1.01. The molecule has 15 heavy (non-hydrogen) atoms. The third-order valence-electron chi connectivity index (χ3n) is 2.52. The lowest BCUT2D eigenvalue weighted by Gasteiger charge is -2.12. The zero-order chi connectivity index (χ0) is 10.7. The monoisotopic (exact) mass is 225 g/mol. The van der Waals surface area contributed by atoms with E-state index in [2.05, 4.69) is 5.32 Å². The van der Waals surface area contributed by atoms with Gasteiger partial charge in [-0.25, -0.2) is 0 Å². The van der Waals surface area contributed by atoms with E-state index in [4.69, 9.17) is 16.3 Å². The van der Waals surface area contributed by atoms with Crippen molar-refractivity contribution >= 4 is 17.3 Å². The molecular formula is C12H16ClNO. The first-order valence-corrected chi connectivity index (χ1v) is 5.83. The Morgan fingerprint density at radius 3 is 2.93 bits per heavy atom. The summed E-state index contributed by atoms with van der Waals surface area (Å²) in [6, 6.07) is 5.70. The first kappa shape index (κ1) is 10.6. The number of hydrogen-bond donors (Lipinski definition) is 1. The number of benzene rings is 1. The molecule has 1 aromatic carbocycles. The van der Waals surface area contributed by atoms with Crippen molar-refractivity contribution in [1.29, 1.82) is 0 Å². The van der Waals surface area contributed by atoms with E-state index in [1.807, 2.05) is 25.1 Å². The van der Waals surface area contributed by atoms with Gasteiger partial charge in [-0.1, -0.05) is 11.6 Å². The molecular weight excluding hydrogens is 210 g/mol. The van der Waals surface area contributed by atoms with E-state index in [-0.39, 0.29) is 0 Å². The molecule has 1 aliphatic rings. The third-order valence-corrected chi connectivity index (χ3v) is 2.75. The number of rotatable bonds is 5. The highest BCUT2D eigenvalue weighted by Crippen LogP contribution is 2.32. The van der Waals surface area contributed by atoms with Crippen LogP contribution in [0.25, 0.3) is 0 Å². The molecule has 1 aliphatic carbocycles. The zero-order valence-electron chi connectivity index (χ0n) is 8.92. The van der Waals surface area contributed by atoms with Gasteiger partial charge in [0.25, 0.3) is 0 Å².